The lowest BCUT2D eigenvalue weighted by Gasteiger charge is -2.24. The number of nitrogens with one attached hydrogen (secondary N) is 2. The van der Waals surface area contributed by atoms with Crippen molar-refractivity contribution in [2.75, 3.05) is 19.6 Å². The molecule has 0 aliphatic carbocycles. The van der Waals surface area contributed by atoms with Gasteiger partial charge in [-0.2, -0.15) is 0 Å². The fourth-order valence-corrected chi connectivity index (χ4v) is 4.49. The summed E-state index contributed by atoms with van der Waals surface area (Å²) in [6.07, 6.45) is -0.781. The number of carboxylic acids is 1. The molecule has 0 aliphatic rings. The molecule has 0 bridgehead atoms. The summed E-state index contributed by atoms with van der Waals surface area (Å²) in [4.78, 5) is 35.5. The molecule has 2 amide bonds. The largest absolute Gasteiger partial charge is 0.480 e. The van der Waals surface area contributed by atoms with Gasteiger partial charge in [0.05, 0.1) is 6.29 Å². The first-order valence-electron chi connectivity index (χ1n) is 9.68. The molecule has 0 aromatic heterocycles. The van der Waals surface area contributed by atoms with Gasteiger partial charge < -0.3 is 25.0 Å². The van der Waals surface area contributed by atoms with Gasteiger partial charge in [0, 0.05) is 19.2 Å². The van der Waals surface area contributed by atoms with Crippen LogP contribution in [0, 0.1) is 11.8 Å². The number of carboxylic acid groups (broad SMARTS) is 1. The Bertz CT molecular complexity index is 755. The van der Waals surface area contributed by atoms with Crippen LogP contribution in [0.2, 0.25) is 0 Å². The SMILES string of the molecule is COP(=O)(CNC(=O)OCc1ccccc1)CC(CC(C)C)C(=O)N[C@@H](C)C(=O)O. The Morgan fingerprint density at radius 1 is 1.13 bits per heavy atom. The Morgan fingerprint density at radius 3 is 2.30 bits per heavy atom. The number of benzene rings is 1. The molecule has 0 fully saturated rings. The highest BCUT2D eigenvalue weighted by molar-refractivity contribution is 7.59. The normalized spacial score (nSPS) is 15.0. The van der Waals surface area contributed by atoms with Crippen LogP contribution in [0.1, 0.15) is 32.8 Å². The number of aliphatic carboxylic acids is 1. The minimum absolute atomic E-state index is 0.0649. The molecule has 2 unspecified atom stereocenters. The Morgan fingerprint density at radius 2 is 1.77 bits per heavy atom. The predicted octanol–water partition coefficient (Wildman–Crippen LogP) is 3.05. The van der Waals surface area contributed by atoms with Gasteiger partial charge in [-0.25, -0.2) is 4.79 Å². The van der Waals surface area contributed by atoms with Gasteiger partial charge in [0.1, 0.15) is 12.6 Å². The zero-order valence-electron chi connectivity index (χ0n) is 17.8. The number of ether oxygens (including phenoxy) is 1. The molecular weight excluding hydrogens is 411 g/mol. The topological polar surface area (TPSA) is 131 Å². The molecule has 0 spiro atoms. The van der Waals surface area contributed by atoms with E-state index in [9.17, 15) is 18.9 Å². The fraction of sp³-hybridized carbons (Fsp3) is 0.550. The van der Waals surface area contributed by atoms with Crippen LogP contribution >= 0.6 is 7.37 Å². The van der Waals surface area contributed by atoms with Crippen LogP contribution in [0.4, 0.5) is 4.79 Å². The second kappa shape index (κ2) is 12.3. The smallest absolute Gasteiger partial charge is 0.407 e. The third-order valence-electron chi connectivity index (χ3n) is 4.36. The van der Waals surface area contributed by atoms with Gasteiger partial charge in [0.15, 0.2) is 0 Å². The van der Waals surface area contributed by atoms with Crippen molar-refractivity contribution in [1.29, 1.82) is 0 Å². The van der Waals surface area contributed by atoms with E-state index >= 15 is 0 Å². The zero-order chi connectivity index (χ0) is 22.7. The maximum atomic E-state index is 13.1. The van der Waals surface area contributed by atoms with E-state index in [2.05, 4.69) is 10.6 Å². The monoisotopic (exact) mass is 442 g/mol. The van der Waals surface area contributed by atoms with E-state index in [4.69, 9.17) is 14.4 Å². The summed E-state index contributed by atoms with van der Waals surface area (Å²) >= 11 is 0. The molecule has 1 aromatic rings. The van der Waals surface area contributed by atoms with Crippen LogP contribution in [0.5, 0.6) is 0 Å². The first kappa shape index (κ1) is 25.7. The highest BCUT2D eigenvalue weighted by Gasteiger charge is 2.33. The van der Waals surface area contributed by atoms with Crippen LogP contribution in [0.15, 0.2) is 30.3 Å². The third-order valence-corrected chi connectivity index (χ3v) is 6.67. The Labute approximate surface area is 177 Å². The molecule has 0 aliphatic heterocycles. The summed E-state index contributed by atoms with van der Waals surface area (Å²) in [7, 11) is -2.15. The molecule has 30 heavy (non-hydrogen) atoms. The van der Waals surface area contributed by atoms with Crippen molar-refractivity contribution in [1.82, 2.24) is 10.6 Å². The maximum absolute atomic E-state index is 13.1. The summed E-state index contributed by atoms with van der Waals surface area (Å²) in [6, 6.07) is 8.03. The highest BCUT2D eigenvalue weighted by Crippen LogP contribution is 2.47. The van der Waals surface area contributed by atoms with E-state index in [0.717, 1.165) is 5.56 Å². The van der Waals surface area contributed by atoms with Crippen LogP contribution in [-0.2, 0) is 30.0 Å². The zero-order valence-corrected chi connectivity index (χ0v) is 18.7. The molecule has 0 radical (unpaired) electrons. The molecule has 1 rings (SSSR count). The number of carbonyl (C=O) groups is 3. The molecule has 3 atom stereocenters. The molecule has 10 heteroatoms. The number of alkyl carbamates (subject to hydrolysis) is 1. The van der Waals surface area contributed by atoms with Gasteiger partial charge in [-0.15, -0.1) is 0 Å². The lowest BCUT2D eigenvalue weighted by molar-refractivity contribution is -0.141. The minimum atomic E-state index is -3.40. The lowest BCUT2D eigenvalue weighted by Crippen LogP contribution is -2.43. The molecule has 0 saturated carbocycles. The molecule has 1 aromatic carbocycles. The van der Waals surface area contributed by atoms with Crippen LogP contribution in [0.3, 0.4) is 0 Å². The van der Waals surface area contributed by atoms with E-state index in [0.29, 0.717) is 6.42 Å². The van der Waals surface area contributed by atoms with Gasteiger partial charge in [0.2, 0.25) is 13.3 Å². The first-order chi connectivity index (χ1) is 14.1. The highest BCUT2D eigenvalue weighted by atomic mass is 31.2. The lowest BCUT2D eigenvalue weighted by atomic mass is 9.98. The molecule has 168 valence electrons. The van der Waals surface area contributed by atoms with Crippen LogP contribution < -0.4 is 10.6 Å². The van der Waals surface area contributed by atoms with Gasteiger partial charge in [-0.3, -0.25) is 14.2 Å². The summed E-state index contributed by atoms with van der Waals surface area (Å²) in [5.41, 5.74) is 0.809. The van der Waals surface area contributed by atoms with E-state index in [1.54, 1.807) is 12.1 Å². The molecule has 0 saturated heterocycles. The van der Waals surface area contributed by atoms with Crippen molar-refractivity contribution in [3.63, 3.8) is 0 Å². The van der Waals surface area contributed by atoms with Crippen molar-refractivity contribution in [2.45, 2.75) is 39.8 Å². The predicted molar refractivity (Wildman–Crippen MR) is 112 cm³/mol. The molecule has 3 N–H and O–H groups in total. The number of hydrogen-bond acceptors (Lipinski definition) is 6. The van der Waals surface area contributed by atoms with Gasteiger partial charge in [0.25, 0.3) is 0 Å². The minimum Gasteiger partial charge on any atom is -0.480 e. The summed E-state index contributed by atoms with van der Waals surface area (Å²) in [5, 5.41) is 13.8. The van der Waals surface area contributed by atoms with Crippen molar-refractivity contribution < 1.29 is 33.3 Å². The summed E-state index contributed by atoms with van der Waals surface area (Å²) in [5.74, 6) is -2.29. The summed E-state index contributed by atoms with van der Waals surface area (Å²) < 4.78 is 23.3. The van der Waals surface area contributed by atoms with Crippen LogP contribution in [-0.4, -0.2) is 48.7 Å². The van der Waals surface area contributed by atoms with Gasteiger partial charge >= 0.3 is 12.1 Å². The van der Waals surface area contributed by atoms with Crippen molar-refractivity contribution >= 4 is 25.3 Å². The number of carbonyl (C=O) groups excluding carboxylic acids is 2. The van der Waals surface area contributed by atoms with Crippen molar-refractivity contribution in [3.05, 3.63) is 35.9 Å². The Kier molecular flexibility index (Phi) is 10.6. The average Bonchev–Trinajstić information content (AvgIpc) is 2.70. The Balaban J connectivity index is 2.69. The fourth-order valence-electron chi connectivity index (χ4n) is 2.73. The summed E-state index contributed by atoms with van der Waals surface area (Å²) in [6.45, 7) is 5.22. The van der Waals surface area contributed by atoms with Gasteiger partial charge in [-0.1, -0.05) is 44.2 Å². The number of hydrogen-bond donors (Lipinski definition) is 3. The molecular formula is C20H31N2O7P. The Hall–Kier alpha value is -2.38. The third kappa shape index (κ3) is 9.41. The van der Waals surface area contributed by atoms with E-state index in [1.165, 1.54) is 14.0 Å². The van der Waals surface area contributed by atoms with Crippen LogP contribution in [0.25, 0.3) is 0 Å². The van der Waals surface area contributed by atoms with E-state index < -0.39 is 37.3 Å². The second-order valence-electron chi connectivity index (χ2n) is 7.47. The van der Waals surface area contributed by atoms with E-state index in [-0.39, 0.29) is 25.0 Å². The second-order valence-corrected chi connectivity index (χ2v) is 10.1. The first-order valence-corrected chi connectivity index (χ1v) is 11.7. The van der Waals surface area contributed by atoms with E-state index in [1.807, 2.05) is 32.0 Å². The van der Waals surface area contributed by atoms with Crippen molar-refractivity contribution in [3.8, 4) is 0 Å². The van der Waals surface area contributed by atoms with Crippen molar-refractivity contribution in [2.24, 2.45) is 11.8 Å². The standard InChI is InChI=1S/C20H31N2O7P/c1-14(2)10-17(18(23)22-15(3)19(24)25)12-30(27,28-4)13-21-20(26)29-11-16-8-6-5-7-9-16/h5-9,14-15,17H,10-13H2,1-4H3,(H,21,26)(H,22,23)(H,24,25)/t15-,17?,30?/m0/s1. The number of amides is 2. The average molecular weight is 442 g/mol. The maximum Gasteiger partial charge on any atom is 0.407 e. The quantitative estimate of drug-likeness (QED) is 0.424. The number of rotatable bonds is 12. The molecule has 9 nitrogen and oxygen atoms in total. The molecule has 0 heterocycles. The van der Waals surface area contributed by atoms with Gasteiger partial charge in [-0.05, 0) is 24.8 Å².